The second kappa shape index (κ2) is 6.50. The van der Waals surface area contributed by atoms with Crippen LogP contribution in [0.15, 0.2) is 15.9 Å². The molecule has 25 heavy (non-hydrogen) atoms. The molecule has 0 saturated heterocycles. The molecule has 1 aliphatic carbocycles. The van der Waals surface area contributed by atoms with Gasteiger partial charge in [-0.05, 0) is 31.6 Å². The molecule has 0 N–H and O–H groups in total. The van der Waals surface area contributed by atoms with Gasteiger partial charge in [0, 0.05) is 27.2 Å². The number of carbonyl (C=O) groups is 1. The van der Waals surface area contributed by atoms with Gasteiger partial charge in [-0.15, -0.1) is 0 Å². The van der Waals surface area contributed by atoms with Crippen LogP contribution in [0.25, 0.3) is 11.2 Å². The molecule has 1 amide bonds. The van der Waals surface area contributed by atoms with Crippen molar-refractivity contribution in [2.24, 2.45) is 20.0 Å². The van der Waals surface area contributed by atoms with Crippen LogP contribution in [-0.4, -0.2) is 42.6 Å². The summed E-state index contributed by atoms with van der Waals surface area (Å²) >= 11 is 0. The van der Waals surface area contributed by atoms with Gasteiger partial charge in [0.15, 0.2) is 11.2 Å². The lowest BCUT2D eigenvalue weighted by molar-refractivity contribution is -0.133. The zero-order valence-electron chi connectivity index (χ0n) is 15.2. The Morgan fingerprint density at radius 2 is 1.88 bits per heavy atom. The molecule has 0 spiro atoms. The number of hydrogen-bond acceptors (Lipinski definition) is 4. The zero-order valence-corrected chi connectivity index (χ0v) is 15.2. The van der Waals surface area contributed by atoms with E-state index in [0.717, 1.165) is 30.3 Å². The van der Waals surface area contributed by atoms with Crippen molar-refractivity contribution < 1.29 is 4.79 Å². The number of rotatable bonds is 3. The van der Waals surface area contributed by atoms with Gasteiger partial charge in [0.1, 0.15) is 6.54 Å². The summed E-state index contributed by atoms with van der Waals surface area (Å²) in [6.07, 6.45) is 5.64. The monoisotopic (exact) mass is 347 g/mol. The first-order valence-electron chi connectivity index (χ1n) is 8.67. The van der Waals surface area contributed by atoms with Gasteiger partial charge in [-0.25, -0.2) is 14.3 Å². The summed E-state index contributed by atoms with van der Waals surface area (Å²) in [4.78, 5) is 43.6. The molecule has 8 nitrogen and oxygen atoms in total. The maximum Gasteiger partial charge on any atom is 0.332 e. The number of hydrogen-bond donors (Lipinski definition) is 0. The molecule has 0 atom stereocenters. The van der Waals surface area contributed by atoms with Crippen LogP contribution in [0.2, 0.25) is 0 Å². The standard InChI is InChI=1S/C17H25N5O3/c1-11-5-7-12(8-6-11)20(3)13(23)9-22-16(24)14-15(18-10-19(14)2)21(4)17(22)25/h10-12H,5-9H2,1-4H3. The third-order valence-electron chi connectivity index (χ3n) is 5.42. The first-order valence-corrected chi connectivity index (χ1v) is 8.67. The number of amides is 1. The van der Waals surface area contributed by atoms with E-state index in [1.807, 2.05) is 0 Å². The van der Waals surface area contributed by atoms with Gasteiger partial charge in [-0.2, -0.15) is 0 Å². The molecular formula is C17H25N5O3. The fourth-order valence-corrected chi connectivity index (χ4v) is 3.62. The summed E-state index contributed by atoms with van der Waals surface area (Å²) in [5.74, 6) is 0.488. The molecule has 0 aliphatic heterocycles. The van der Waals surface area contributed by atoms with Crippen LogP contribution < -0.4 is 11.2 Å². The molecule has 0 aromatic carbocycles. The maximum absolute atomic E-state index is 12.7. The quantitative estimate of drug-likeness (QED) is 0.808. The van der Waals surface area contributed by atoms with Gasteiger partial charge < -0.3 is 9.47 Å². The predicted octanol–water partition coefficient (Wildman–Crippen LogP) is 0.471. The lowest BCUT2D eigenvalue weighted by atomic mass is 9.87. The first-order chi connectivity index (χ1) is 11.8. The molecule has 1 saturated carbocycles. The van der Waals surface area contributed by atoms with E-state index in [9.17, 15) is 14.4 Å². The predicted molar refractivity (Wildman–Crippen MR) is 94.4 cm³/mol. The third kappa shape index (κ3) is 3.01. The van der Waals surface area contributed by atoms with E-state index < -0.39 is 11.2 Å². The van der Waals surface area contributed by atoms with Gasteiger partial charge in [-0.1, -0.05) is 6.92 Å². The van der Waals surface area contributed by atoms with Crippen LogP contribution in [0.4, 0.5) is 0 Å². The average Bonchev–Trinajstić information content (AvgIpc) is 2.98. The largest absolute Gasteiger partial charge is 0.341 e. The number of nitrogens with zero attached hydrogens (tertiary/aromatic N) is 5. The SMILES string of the molecule is CC1CCC(N(C)C(=O)Cn2c(=O)c3c(ncn3C)n(C)c2=O)CC1. The Morgan fingerprint density at radius 3 is 2.52 bits per heavy atom. The maximum atomic E-state index is 12.7. The molecular weight excluding hydrogens is 322 g/mol. The van der Waals surface area contributed by atoms with E-state index in [-0.39, 0.29) is 18.5 Å². The molecule has 0 radical (unpaired) electrons. The van der Waals surface area contributed by atoms with E-state index in [1.54, 1.807) is 30.6 Å². The molecule has 0 unspecified atom stereocenters. The first kappa shape index (κ1) is 17.4. The highest BCUT2D eigenvalue weighted by Crippen LogP contribution is 2.26. The highest BCUT2D eigenvalue weighted by atomic mass is 16.2. The van der Waals surface area contributed by atoms with Crippen LogP contribution in [0.1, 0.15) is 32.6 Å². The van der Waals surface area contributed by atoms with Crippen molar-refractivity contribution >= 4 is 17.1 Å². The van der Waals surface area contributed by atoms with Crippen LogP contribution in [0.3, 0.4) is 0 Å². The van der Waals surface area contributed by atoms with Crippen LogP contribution in [-0.2, 0) is 25.4 Å². The highest BCUT2D eigenvalue weighted by Gasteiger charge is 2.26. The number of fused-ring (bicyclic) bond motifs is 1. The van der Waals surface area contributed by atoms with Crippen molar-refractivity contribution in [1.29, 1.82) is 0 Å². The van der Waals surface area contributed by atoms with Crippen molar-refractivity contribution in [3.05, 3.63) is 27.2 Å². The summed E-state index contributed by atoms with van der Waals surface area (Å²) < 4.78 is 3.89. The van der Waals surface area contributed by atoms with Crippen LogP contribution in [0.5, 0.6) is 0 Å². The minimum atomic E-state index is -0.518. The van der Waals surface area contributed by atoms with E-state index in [4.69, 9.17) is 0 Å². The summed E-state index contributed by atoms with van der Waals surface area (Å²) in [7, 11) is 5.02. The molecule has 0 bridgehead atoms. The Balaban J connectivity index is 1.90. The normalized spacial score (nSPS) is 20.8. The Labute approximate surface area is 145 Å². The van der Waals surface area contributed by atoms with E-state index >= 15 is 0 Å². The Bertz CT molecular complexity index is 915. The third-order valence-corrected chi connectivity index (χ3v) is 5.42. The summed E-state index contributed by atoms with van der Waals surface area (Å²) in [5, 5.41) is 0. The topological polar surface area (TPSA) is 82.1 Å². The smallest absolute Gasteiger partial charge is 0.332 e. The van der Waals surface area contributed by atoms with Crippen molar-refractivity contribution in [3.63, 3.8) is 0 Å². The Kier molecular flexibility index (Phi) is 4.53. The number of carbonyl (C=O) groups excluding carboxylic acids is 1. The van der Waals surface area contributed by atoms with Gasteiger partial charge in [0.05, 0.1) is 6.33 Å². The summed E-state index contributed by atoms with van der Waals surface area (Å²) in [5.41, 5.74) is -0.341. The van der Waals surface area contributed by atoms with Gasteiger partial charge >= 0.3 is 5.69 Å². The summed E-state index contributed by atoms with van der Waals surface area (Å²) in [6.45, 7) is 1.99. The van der Waals surface area contributed by atoms with Gasteiger partial charge in [-0.3, -0.25) is 14.2 Å². The Morgan fingerprint density at radius 1 is 1.24 bits per heavy atom. The van der Waals surface area contributed by atoms with Gasteiger partial charge in [0.25, 0.3) is 5.56 Å². The van der Waals surface area contributed by atoms with Crippen molar-refractivity contribution in [2.45, 2.75) is 45.2 Å². The Hall–Kier alpha value is -2.38. The van der Waals surface area contributed by atoms with Gasteiger partial charge in [0.2, 0.25) is 5.91 Å². The number of imidazole rings is 1. The number of aromatic nitrogens is 4. The molecule has 1 aliphatic rings. The van der Waals surface area contributed by atoms with Crippen molar-refractivity contribution in [1.82, 2.24) is 23.6 Å². The number of aryl methyl sites for hydroxylation is 2. The molecule has 136 valence electrons. The molecule has 1 fully saturated rings. The van der Waals surface area contributed by atoms with Crippen molar-refractivity contribution in [3.8, 4) is 0 Å². The molecule has 2 heterocycles. The lowest BCUT2D eigenvalue weighted by Crippen LogP contribution is -2.46. The highest BCUT2D eigenvalue weighted by molar-refractivity contribution is 5.77. The minimum Gasteiger partial charge on any atom is -0.341 e. The molecule has 2 aromatic rings. The number of likely N-dealkylation sites (N-methyl/N-ethyl adjacent to an activating group) is 1. The molecule has 2 aromatic heterocycles. The van der Waals surface area contributed by atoms with E-state index in [2.05, 4.69) is 11.9 Å². The van der Waals surface area contributed by atoms with Crippen LogP contribution in [0, 0.1) is 5.92 Å². The second-order valence-corrected chi connectivity index (χ2v) is 7.18. The van der Waals surface area contributed by atoms with E-state index in [0.29, 0.717) is 17.1 Å². The van der Waals surface area contributed by atoms with Crippen molar-refractivity contribution in [2.75, 3.05) is 7.05 Å². The lowest BCUT2D eigenvalue weighted by Gasteiger charge is -2.33. The minimum absolute atomic E-state index is 0.184. The fraction of sp³-hybridized carbons (Fsp3) is 0.647. The molecule has 8 heteroatoms. The fourth-order valence-electron chi connectivity index (χ4n) is 3.62. The zero-order chi connectivity index (χ0) is 18.3. The summed E-state index contributed by atoms with van der Waals surface area (Å²) in [6, 6.07) is 0.184. The second-order valence-electron chi connectivity index (χ2n) is 7.18. The molecule has 3 rings (SSSR count). The van der Waals surface area contributed by atoms with E-state index in [1.165, 1.54) is 10.9 Å². The van der Waals surface area contributed by atoms with Crippen LogP contribution >= 0.6 is 0 Å². The average molecular weight is 347 g/mol.